The van der Waals surface area contributed by atoms with Crippen LogP contribution in [0.4, 0.5) is 0 Å². The molecule has 1 N–H and O–H groups in total. The van der Waals surface area contributed by atoms with E-state index >= 15 is 0 Å². The fourth-order valence-corrected chi connectivity index (χ4v) is 3.04. The molecule has 0 aromatic carbocycles. The van der Waals surface area contributed by atoms with Crippen molar-refractivity contribution in [3.63, 3.8) is 0 Å². The molecule has 1 aliphatic heterocycles. The number of piperazine rings is 1. The maximum absolute atomic E-state index is 12.7. The Balaban J connectivity index is 2.23. The summed E-state index contributed by atoms with van der Waals surface area (Å²) >= 11 is 0. The molecule has 0 aromatic rings. The van der Waals surface area contributed by atoms with Gasteiger partial charge in [-0.2, -0.15) is 0 Å². The number of rotatable bonds is 4. The molecule has 2 unspecified atom stereocenters. The van der Waals surface area contributed by atoms with Crippen LogP contribution >= 0.6 is 0 Å². The first-order valence-corrected chi connectivity index (χ1v) is 7.52. The van der Waals surface area contributed by atoms with E-state index in [4.69, 9.17) is 0 Å². The Morgan fingerprint density at radius 1 is 1.37 bits per heavy atom. The van der Waals surface area contributed by atoms with Gasteiger partial charge >= 0.3 is 0 Å². The van der Waals surface area contributed by atoms with Crippen molar-refractivity contribution in [3.8, 4) is 0 Å². The summed E-state index contributed by atoms with van der Waals surface area (Å²) in [5, 5.41) is 2.93. The van der Waals surface area contributed by atoms with Crippen LogP contribution in [-0.4, -0.2) is 34.8 Å². The first kappa shape index (κ1) is 14.4. The van der Waals surface area contributed by atoms with Gasteiger partial charge in [0.2, 0.25) is 11.8 Å². The molecule has 1 aliphatic carbocycles. The van der Waals surface area contributed by atoms with Crippen LogP contribution in [0, 0.1) is 11.8 Å². The minimum Gasteiger partial charge on any atom is -0.340 e. The highest BCUT2D eigenvalue weighted by atomic mass is 16.2. The minimum atomic E-state index is -0.716. The normalized spacial score (nSPS) is 32.5. The number of carbonyl (C=O) groups excluding carboxylic acids is 2. The summed E-state index contributed by atoms with van der Waals surface area (Å²) in [5.74, 6) is 0.862. The number of carbonyl (C=O) groups is 2. The second-order valence-electron chi connectivity index (χ2n) is 6.62. The molecule has 1 heterocycles. The number of amides is 2. The van der Waals surface area contributed by atoms with Crippen LogP contribution in [0.1, 0.15) is 53.4 Å². The fourth-order valence-electron chi connectivity index (χ4n) is 3.04. The Morgan fingerprint density at radius 3 is 2.42 bits per heavy atom. The average molecular weight is 266 g/mol. The number of hydrogen-bond acceptors (Lipinski definition) is 2. The molecule has 19 heavy (non-hydrogen) atoms. The van der Waals surface area contributed by atoms with Crippen molar-refractivity contribution in [2.75, 3.05) is 6.54 Å². The van der Waals surface area contributed by atoms with E-state index in [1.165, 1.54) is 19.3 Å². The van der Waals surface area contributed by atoms with Crippen molar-refractivity contribution in [2.45, 2.75) is 65.0 Å². The lowest BCUT2D eigenvalue weighted by molar-refractivity contribution is -0.157. The van der Waals surface area contributed by atoms with Gasteiger partial charge in [0.15, 0.2) is 0 Å². The molecule has 0 spiro atoms. The van der Waals surface area contributed by atoms with Crippen LogP contribution in [0.25, 0.3) is 0 Å². The van der Waals surface area contributed by atoms with Gasteiger partial charge in [-0.1, -0.05) is 27.2 Å². The summed E-state index contributed by atoms with van der Waals surface area (Å²) in [6.07, 6.45) is 4.29. The largest absolute Gasteiger partial charge is 0.340 e. The van der Waals surface area contributed by atoms with Crippen molar-refractivity contribution < 1.29 is 9.59 Å². The molecule has 1 saturated heterocycles. The summed E-state index contributed by atoms with van der Waals surface area (Å²) < 4.78 is 0. The Bertz CT molecular complexity index is 376. The van der Waals surface area contributed by atoms with Gasteiger partial charge in [0, 0.05) is 6.54 Å². The van der Waals surface area contributed by atoms with Crippen molar-refractivity contribution in [2.24, 2.45) is 11.8 Å². The van der Waals surface area contributed by atoms with Gasteiger partial charge < -0.3 is 10.2 Å². The van der Waals surface area contributed by atoms with E-state index in [-0.39, 0.29) is 23.8 Å². The lowest BCUT2D eigenvalue weighted by Crippen LogP contribution is -2.70. The molecule has 0 bridgehead atoms. The zero-order chi connectivity index (χ0) is 14.2. The van der Waals surface area contributed by atoms with Crippen LogP contribution in [0.2, 0.25) is 0 Å². The van der Waals surface area contributed by atoms with E-state index < -0.39 is 5.54 Å². The maximum atomic E-state index is 12.7. The molecule has 0 aromatic heterocycles. The van der Waals surface area contributed by atoms with Gasteiger partial charge in [-0.3, -0.25) is 9.59 Å². The summed E-state index contributed by atoms with van der Waals surface area (Å²) in [6.45, 7) is 8.58. The molecule has 2 amide bonds. The monoisotopic (exact) mass is 266 g/mol. The van der Waals surface area contributed by atoms with Gasteiger partial charge in [0.1, 0.15) is 11.6 Å². The predicted octanol–water partition coefficient (Wildman–Crippen LogP) is 1.94. The zero-order valence-electron chi connectivity index (χ0n) is 12.5. The third-order valence-electron chi connectivity index (χ3n) is 4.75. The zero-order valence-corrected chi connectivity index (χ0v) is 12.5. The minimum absolute atomic E-state index is 0.0123. The topological polar surface area (TPSA) is 49.4 Å². The summed E-state index contributed by atoms with van der Waals surface area (Å²) in [5.41, 5.74) is -0.716. The van der Waals surface area contributed by atoms with Crippen molar-refractivity contribution >= 4 is 11.8 Å². The van der Waals surface area contributed by atoms with Gasteiger partial charge in [-0.15, -0.1) is 0 Å². The third kappa shape index (κ3) is 2.49. The fraction of sp³-hybridized carbons (Fsp3) is 0.867. The molecule has 2 aliphatic rings. The molecule has 4 nitrogen and oxygen atoms in total. The molecule has 0 radical (unpaired) electrons. The Morgan fingerprint density at radius 2 is 2.00 bits per heavy atom. The second-order valence-corrected chi connectivity index (χ2v) is 6.62. The van der Waals surface area contributed by atoms with Crippen molar-refractivity contribution in [1.29, 1.82) is 0 Å². The van der Waals surface area contributed by atoms with E-state index in [2.05, 4.69) is 5.32 Å². The van der Waals surface area contributed by atoms with Crippen LogP contribution in [0.3, 0.4) is 0 Å². The molecular formula is C15H26N2O2. The van der Waals surface area contributed by atoms with E-state index in [0.717, 1.165) is 6.54 Å². The van der Waals surface area contributed by atoms with Gasteiger partial charge in [0.05, 0.1) is 0 Å². The SMILES string of the molecule is CCC1(C)NC(=O)C(C(C)C)N(CC2CCC2)C1=O. The Hall–Kier alpha value is -1.06. The molecule has 108 valence electrons. The van der Waals surface area contributed by atoms with Crippen LogP contribution in [0.5, 0.6) is 0 Å². The van der Waals surface area contributed by atoms with Crippen LogP contribution in [0.15, 0.2) is 0 Å². The molecule has 1 saturated carbocycles. The van der Waals surface area contributed by atoms with Crippen LogP contribution < -0.4 is 5.32 Å². The number of hydrogen-bond donors (Lipinski definition) is 1. The molecule has 2 fully saturated rings. The standard InChI is InChI=1S/C15H26N2O2/c1-5-15(4)14(19)17(9-11-7-6-8-11)12(10(2)3)13(18)16-15/h10-12H,5-9H2,1-4H3,(H,16,18). The predicted molar refractivity (Wildman–Crippen MR) is 74.5 cm³/mol. The molecule has 2 rings (SSSR count). The smallest absolute Gasteiger partial charge is 0.248 e. The van der Waals surface area contributed by atoms with Gasteiger partial charge in [0.25, 0.3) is 0 Å². The highest BCUT2D eigenvalue weighted by Gasteiger charge is 2.48. The van der Waals surface area contributed by atoms with E-state index in [1.54, 1.807) is 0 Å². The van der Waals surface area contributed by atoms with Crippen molar-refractivity contribution in [3.05, 3.63) is 0 Å². The number of nitrogens with zero attached hydrogens (tertiary/aromatic N) is 1. The quantitative estimate of drug-likeness (QED) is 0.845. The molecule has 2 atom stereocenters. The summed E-state index contributed by atoms with van der Waals surface area (Å²) in [6, 6.07) is -0.298. The van der Waals surface area contributed by atoms with Crippen LogP contribution in [-0.2, 0) is 9.59 Å². The van der Waals surface area contributed by atoms with Gasteiger partial charge in [-0.25, -0.2) is 0 Å². The molecule has 4 heteroatoms. The third-order valence-corrected chi connectivity index (χ3v) is 4.75. The first-order valence-electron chi connectivity index (χ1n) is 7.52. The summed E-state index contributed by atoms with van der Waals surface area (Å²) in [7, 11) is 0. The van der Waals surface area contributed by atoms with Gasteiger partial charge in [-0.05, 0) is 38.0 Å². The average Bonchev–Trinajstić information content (AvgIpc) is 2.28. The number of nitrogens with one attached hydrogen (secondary N) is 1. The van der Waals surface area contributed by atoms with E-state index in [9.17, 15) is 9.59 Å². The lowest BCUT2D eigenvalue weighted by Gasteiger charge is -2.47. The van der Waals surface area contributed by atoms with E-state index in [0.29, 0.717) is 12.3 Å². The first-order chi connectivity index (χ1) is 8.89. The second kappa shape index (κ2) is 5.14. The Labute approximate surface area is 115 Å². The highest BCUT2D eigenvalue weighted by Crippen LogP contribution is 2.32. The Kier molecular flexibility index (Phi) is 3.88. The highest BCUT2D eigenvalue weighted by molar-refractivity contribution is 5.99. The maximum Gasteiger partial charge on any atom is 0.248 e. The molecular weight excluding hydrogens is 240 g/mol. The van der Waals surface area contributed by atoms with E-state index in [1.807, 2.05) is 32.6 Å². The lowest BCUT2D eigenvalue weighted by atomic mass is 9.82. The van der Waals surface area contributed by atoms with Crippen molar-refractivity contribution in [1.82, 2.24) is 10.2 Å². The summed E-state index contributed by atoms with van der Waals surface area (Å²) in [4.78, 5) is 26.9.